The summed E-state index contributed by atoms with van der Waals surface area (Å²) < 4.78 is 33.7. The van der Waals surface area contributed by atoms with Crippen LogP contribution in [0.5, 0.6) is 23.0 Å². The predicted octanol–water partition coefficient (Wildman–Crippen LogP) is 1.20. The van der Waals surface area contributed by atoms with Crippen LogP contribution in [0, 0.1) is 0 Å². The molecule has 0 fully saturated rings. The maximum absolute atomic E-state index is 5.70. The molecule has 162 valence electrons. The molecule has 1 aromatic carbocycles. The van der Waals surface area contributed by atoms with Crippen molar-refractivity contribution in [2.75, 3.05) is 59.4 Å². The third-order valence-corrected chi connectivity index (χ3v) is 4.55. The second kappa shape index (κ2) is 8.27. The van der Waals surface area contributed by atoms with Gasteiger partial charge in [-0.3, -0.25) is 0 Å². The Hall–Kier alpha value is -3.83. The number of fused-ring (bicyclic) bond motifs is 1. The fraction of sp³-hybridized carbons (Fsp3) is 0.389. The fourth-order valence-corrected chi connectivity index (χ4v) is 3.49. The molecule has 0 radical (unpaired) electrons. The van der Waals surface area contributed by atoms with Gasteiger partial charge in [0.25, 0.3) is 0 Å². The first-order valence-electron chi connectivity index (χ1n) is 8.71. The van der Waals surface area contributed by atoms with Crippen molar-refractivity contribution in [2.24, 2.45) is 0 Å². The van der Waals surface area contributed by atoms with Gasteiger partial charge in [0.05, 0.1) is 48.2 Å². The number of nitrogens with zero attached hydrogens (tertiary/aromatic N) is 3. The molecule has 0 bridgehead atoms. The number of ether oxygens (including phenoxy) is 6. The number of nitrogen functional groups attached to an aromatic ring is 2. The van der Waals surface area contributed by atoms with Crippen molar-refractivity contribution in [3.63, 3.8) is 0 Å². The zero-order chi connectivity index (χ0) is 22.0. The van der Waals surface area contributed by atoms with Crippen LogP contribution in [0.4, 0.5) is 17.8 Å². The highest BCUT2D eigenvalue weighted by Crippen LogP contribution is 2.58. The van der Waals surface area contributed by atoms with Gasteiger partial charge < -0.3 is 45.2 Å². The van der Waals surface area contributed by atoms with Crippen molar-refractivity contribution in [3.05, 3.63) is 16.9 Å². The summed E-state index contributed by atoms with van der Waals surface area (Å²) in [6.45, 7) is 0. The number of hydrogen-bond donors (Lipinski definition) is 3. The van der Waals surface area contributed by atoms with Gasteiger partial charge in [-0.2, -0.15) is 15.0 Å². The highest BCUT2D eigenvalue weighted by Gasteiger charge is 2.43. The van der Waals surface area contributed by atoms with Crippen LogP contribution in [0.3, 0.4) is 0 Å². The van der Waals surface area contributed by atoms with Gasteiger partial charge >= 0.3 is 0 Å². The van der Waals surface area contributed by atoms with E-state index in [1.807, 2.05) is 0 Å². The number of nitrogens with one attached hydrogen (secondary N) is 1. The quantitative estimate of drug-likeness (QED) is 0.561. The van der Waals surface area contributed by atoms with E-state index in [1.54, 1.807) is 0 Å². The summed E-state index contributed by atoms with van der Waals surface area (Å²) >= 11 is 0. The van der Waals surface area contributed by atoms with Crippen LogP contribution in [0.15, 0.2) is 5.76 Å². The van der Waals surface area contributed by atoms with Gasteiger partial charge in [0.15, 0.2) is 23.0 Å². The Labute approximate surface area is 173 Å². The van der Waals surface area contributed by atoms with Crippen molar-refractivity contribution < 1.29 is 28.4 Å². The van der Waals surface area contributed by atoms with Gasteiger partial charge in [-0.15, -0.1) is 0 Å². The van der Waals surface area contributed by atoms with E-state index in [1.165, 1.54) is 42.7 Å². The lowest BCUT2D eigenvalue weighted by Gasteiger charge is -2.23. The minimum atomic E-state index is -0.648. The molecular formula is C18H24N6O6. The number of aromatic nitrogens is 3. The monoisotopic (exact) mass is 420 g/mol. The molecule has 0 saturated heterocycles. The molecule has 0 spiro atoms. The zero-order valence-electron chi connectivity index (χ0n) is 17.5. The second-order valence-corrected chi connectivity index (χ2v) is 5.98. The van der Waals surface area contributed by atoms with E-state index < -0.39 is 6.04 Å². The number of hydrogen-bond acceptors (Lipinski definition) is 12. The first-order chi connectivity index (χ1) is 14.4. The van der Waals surface area contributed by atoms with Crippen molar-refractivity contribution in [1.82, 2.24) is 15.0 Å². The summed E-state index contributed by atoms with van der Waals surface area (Å²) in [4.78, 5) is 11.9. The van der Waals surface area contributed by atoms with Crippen LogP contribution >= 0.6 is 0 Å². The van der Waals surface area contributed by atoms with Gasteiger partial charge in [-0.25, -0.2) is 0 Å². The fourth-order valence-electron chi connectivity index (χ4n) is 3.49. The molecule has 1 aromatic heterocycles. The molecule has 0 amide bonds. The molecule has 5 N–H and O–H groups in total. The van der Waals surface area contributed by atoms with E-state index in [4.69, 9.17) is 39.9 Å². The molecule has 1 aliphatic rings. The van der Waals surface area contributed by atoms with E-state index >= 15 is 0 Å². The Kier molecular flexibility index (Phi) is 5.76. The molecule has 1 unspecified atom stereocenters. The first kappa shape index (κ1) is 20.9. The first-order valence-corrected chi connectivity index (χ1v) is 8.71. The molecule has 12 nitrogen and oxygen atoms in total. The van der Waals surface area contributed by atoms with Crippen molar-refractivity contribution in [1.29, 1.82) is 0 Å². The summed E-state index contributed by atoms with van der Waals surface area (Å²) in [6, 6.07) is -0.648. The van der Waals surface area contributed by atoms with Gasteiger partial charge in [0.1, 0.15) is 6.04 Å². The lowest BCUT2D eigenvalue weighted by Crippen LogP contribution is -2.17. The lowest BCUT2D eigenvalue weighted by atomic mass is 10.0. The predicted molar refractivity (Wildman–Crippen MR) is 109 cm³/mol. The molecule has 0 aliphatic heterocycles. The largest absolute Gasteiger partial charge is 0.495 e. The standard InChI is InChI=1S/C18H24N6O6/c1-25-10-7-8(12(27-3)15(30-6)14(10)29-5)11(26-2)13(28-4)9(7)21-18-23-16(19)22-17(20)24-18/h9H,1-6H3,(H5,19,20,21,22,23,24). The normalized spacial score (nSPS) is 14.8. The number of methoxy groups -OCH3 is 6. The summed E-state index contributed by atoms with van der Waals surface area (Å²) in [5.74, 6) is 2.37. The van der Waals surface area contributed by atoms with Gasteiger partial charge in [0, 0.05) is 5.56 Å². The van der Waals surface area contributed by atoms with Crippen LogP contribution < -0.4 is 35.7 Å². The van der Waals surface area contributed by atoms with Gasteiger partial charge in [0.2, 0.25) is 29.3 Å². The van der Waals surface area contributed by atoms with E-state index in [0.717, 1.165) is 0 Å². The SMILES string of the molecule is COC1=C(OC)C(Nc2nc(N)nc(N)n2)c2c(OC)c(OC)c(OC)c(OC)c21. The number of benzene rings is 1. The van der Waals surface area contributed by atoms with Crippen LogP contribution in [0.2, 0.25) is 0 Å². The van der Waals surface area contributed by atoms with E-state index in [9.17, 15) is 0 Å². The summed E-state index contributed by atoms with van der Waals surface area (Å²) in [5, 5.41) is 3.14. The van der Waals surface area contributed by atoms with Crippen LogP contribution in [0.25, 0.3) is 5.76 Å². The van der Waals surface area contributed by atoms with Crippen LogP contribution in [-0.4, -0.2) is 57.6 Å². The zero-order valence-corrected chi connectivity index (χ0v) is 17.5. The summed E-state index contributed by atoms with van der Waals surface area (Å²) in [7, 11) is 9.05. The maximum Gasteiger partial charge on any atom is 0.230 e. The third kappa shape index (κ3) is 3.15. The summed E-state index contributed by atoms with van der Waals surface area (Å²) in [6.07, 6.45) is 0. The van der Waals surface area contributed by atoms with Crippen molar-refractivity contribution in [3.8, 4) is 23.0 Å². The van der Waals surface area contributed by atoms with E-state index in [0.29, 0.717) is 45.6 Å². The smallest absolute Gasteiger partial charge is 0.230 e. The molecule has 1 atom stereocenters. The molecule has 2 aromatic rings. The van der Waals surface area contributed by atoms with Crippen LogP contribution in [-0.2, 0) is 9.47 Å². The van der Waals surface area contributed by atoms with E-state index in [-0.39, 0.29) is 17.8 Å². The van der Waals surface area contributed by atoms with Gasteiger partial charge in [-0.05, 0) is 0 Å². The molecule has 1 heterocycles. The molecule has 0 saturated carbocycles. The van der Waals surface area contributed by atoms with Crippen molar-refractivity contribution in [2.45, 2.75) is 6.04 Å². The highest BCUT2D eigenvalue weighted by molar-refractivity contribution is 5.85. The van der Waals surface area contributed by atoms with Crippen LogP contribution in [0.1, 0.15) is 17.2 Å². The Morgan fingerprint density at radius 3 is 1.67 bits per heavy atom. The Balaban J connectivity index is 2.32. The molecular weight excluding hydrogens is 396 g/mol. The molecule has 30 heavy (non-hydrogen) atoms. The minimum absolute atomic E-state index is 0.0324. The number of anilines is 3. The highest BCUT2D eigenvalue weighted by atomic mass is 16.5. The molecule has 1 aliphatic carbocycles. The second-order valence-electron chi connectivity index (χ2n) is 5.98. The average molecular weight is 420 g/mol. The Morgan fingerprint density at radius 1 is 0.667 bits per heavy atom. The lowest BCUT2D eigenvalue weighted by molar-refractivity contribution is 0.252. The minimum Gasteiger partial charge on any atom is -0.495 e. The third-order valence-electron chi connectivity index (χ3n) is 4.55. The topological polar surface area (TPSA) is 158 Å². The average Bonchev–Trinajstić information content (AvgIpc) is 3.03. The number of rotatable bonds is 8. The Bertz CT molecular complexity index is 976. The van der Waals surface area contributed by atoms with E-state index in [2.05, 4.69) is 20.3 Å². The Morgan fingerprint density at radius 2 is 1.20 bits per heavy atom. The van der Waals surface area contributed by atoms with Crippen molar-refractivity contribution >= 4 is 23.6 Å². The molecule has 3 rings (SSSR count). The number of nitrogens with two attached hydrogens (primary N) is 2. The van der Waals surface area contributed by atoms with Gasteiger partial charge in [-0.1, -0.05) is 0 Å². The summed E-state index contributed by atoms with van der Waals surface area (Å²) in [5.41, 5.74) is 12.6. The maximum atomic E-state index is 5.70. The molecule has 12 heteroatoms.